The minimum atomic E-state index is -4.47. The van der Waals surface area contributed by atoms with Gasteiger partial charge in [-0.05, 0) is 54.2 Å². The van der Waals surface area contributed by atoms with Crippen LogP contribution in [0, 0.1) is 6.92 Å². The predicted octanol–water partition coefficient (Wildman–Crippen LogP) is 5.16. The van der Waals surface area contributed by atoms with E-state index >= 15 is 0 Å². The van der Waals surface area contributed by atoms with E-state index in [4.69, 9.17) is 4.52 Å². The van der Waals surface area contributed by atoms with E-state index in [0.717, 1.165) is 35.1 Å². The Labute approximate surface area is 261 Å². The van der Waals surface area contributed by atoms with Gasteiger partial charge in [0.1, 0.15) is 11.8 Å². The van der Waals surface area contributed by atoms with Gasteiger partial charge in [-0.15, -0.1) is 5.10 Å². The Morgan fingerprint density at radius 2 is 1.67 bits per heavy atom. The number of carbonyl (C=O) groups is 1. The number of aryl methyl sites for hydroxylation is 1. The summed E-state index contributed by atoms with van der Waals surface area (Å²) < 4.78 is 71.5. The molecule has 5 aromatic rings. The molecule has 1 aliphatic rings. The third-order valence-electron chi connectivity index (χ3n) is 8.00. The molecule has 3 aromatic carbocycles. The minimum Gasteiger partial charge on any atom is -0.382 e. The van der Waals surface area contributed by atoms with Crippen molar-refractivity contribution in [3.8, 4) is 22.5 Å². The van der Waals surface area contributed by atoms with E-state index in [2.05, 4.69) is 20.2 Å². The molecule has 1 fully saturated rings. The van der Waals surface area contributed by atoms with Crippen LogP contribution in [0.5, 0.6) is 0 Å². The van der Waals surface area contributed by atoms with Crippen LogP contribution in [-0.4, -0.2) is 45.8 Å². The number of sulfonamides is 1. The Morgan fingerprint density at radius 1 is 1.04 bits per heavy atom. The lowest BCUT2D eigenvalue weighted by molar-refractivity contribution is -0.137. The van der Waals surface area contributed by atoms with E-state index in [-0.39, 0.29) is 12.2 Å². The maximum absolute atomic E-state index is 13.1. The van der Waals surface area contributed by atoms with Gasteiger partial charge >= 0.3 is 6.18 Å². The van der Waals surface area contributed by atoms with E-state index in [1.54, 1.807) is 13.0 Å². The van der Waals surface area contributed by atoms with Gasteiger partial charge in [0, 0.05) is 5.56 Å². The van der Waals surface area contributed by atoms with Gasteiger partial charge in [-0.2, -0.15) is 13.2 Å². The molecule has 238 valence electrons. The summed E-state index contributed by atoms with van der Waals surface area (Å²) in [6.45, 7) is 1.70. The Kier molecular flexibility index (Phi) is 7.81. The maximum Gasteiger partial charge on any atom is 0.416 e. The summed E-state index contributed by atoms with van der Waals surface area (Å²) in [6, 6.07) is 19.7. The molecule has 0 aliphatic heterocycles. The fraction of sp³-hybridized carbons (Fsp3) is 0.250. The average Bonchev–Trinajstić information content (AvgIpc) is 3.55. The largest absolute Gasteiger partial charge is 0.416 e. The Morgan fingerprint density at radius 3 is 2.28 bits per heavy atom. The predicted molar refractivity (Wildman–Crippen MR) is 161 cm³/mol. The number of aromatic nitrogens is 4. The first-order chi connectivity index (χ1) is 21.7. The zero-order valence-electron chi connectivity index (χ0n) is 24.6. The molecule has 1 saturated carbocycles. The number of aliphatic hydroxyl groups excluding tert-OH is 1. The molecule has 0 saturated heterocycles. The average molecular weight is 652 g/mol. The van der Waals surface area contributed by atoms with Crippen molar-refractivity contribution < 1.29 is 36.0 Å². The Balaban J connectivity index is 1.18. The van der Waals surface area contributed by atoms with E-state index in [9.17, 15) is 31.5 Å². The van der Waals surface area contributed by atoms with Crippen molar-refractivity contribution in [2.45, 2.75) is 44.0 Å². The lowest BCUT2D eigenvalue weighted by Crippen LogP contribution is -2.38. The zero-order valence-corrected chi connectivity index (χ0v) is 25.4. The van der Waals surface area contributed by atoms with Crippen LogP contribution in [0.25, 0.3) is 22.5 Å². The van der Waals surface area contributed by atoms with Gasteiger partial charge in [0.25, 0.3) is 0 Å². The highest BCUT2D eigenvalue weighted by atomic mass is 32.2. The first-order valence-electron chi connectivity index (χ1n) is 14.2. The van der Waals surface area contributed by atoms with Crippen LogP contribution in [0.4, 0.5) is 13.2 Å². The topological polar surface area (TPSA) is 140 Å². The number of alkyl halides is 3. The first-order valence-corrected chi connectivity index (χ1v) is 16.1. The van der Waals surface area contributed by atoms with Crippen LogP contribution in [0.3, 0.4) is 0 Å². The van der Waals surface area contributed by atoms with Crippen molar-refractivity contribution in [1.82, 2.24) is 24.9 Å². The fourth-order valence-electron chi connectivity index (χ4n) is 5.44. The quantitative estimate of drug-likeness (QED) is 0.223. The van der Waals surface area contributed by atoms with Gasteiger partial charge in [-0.1, -0.05) is 71.0 Å². The summed E-state index contributed by atoms with van der Waals surface area (Å²) in [7, 11) is -3.66. The monoisotopic (exact) mass is 651 g/mol. The van der Waals surface area contributed by atoms with Crippen molar-refractivity contribution in [3.05, 3.63) is 113 Å². The van der Waals surface area contributed by atoms with Gasteiger partial charge in [0.2, 0.25) is 15.9 Å². The number of nitrogens with zero attached hydrogens (tertiary/aromatic N) is 4. The molecular formula is C32H28F3N5O5S. The number of nitrogens with one attached hydrogen (secondary N) is 1. The van der Waals surface area contributed by atoms with Crippen LogP contribution in [-0.2, 0) is 33.0 Å². The summed E-state index contributed by atoms with van der Waals surface area (Å²) in [6.07, 6.45) is -2.18. The SMILES string of the molecule is Cc1noc(-c2ccc(-c3ccc(C4(C(=O)NS(C)(=O)=O)CC4)cc3)cc2)c1C(O)c1cn(Cc2cccc(C(F)(F)F)c2)nn1. The molecule has 1 atom stereocenters. The number of carbonyl (C=O) groups excluding carboxylic acids is 1. The van der Waals surface area contributed by atoms with Crippen molar-refractivity contribution in [2.75, 3.05) is 6.26 Å². The van der Waals surface area contributed by atoms with Crippen LogP contribution >= 0.6 is 0 Å². The highest BCUT2D eigenvalue weighted by molar-refractivity contribution is 7.89. The van der Waals surface area contributed by atoms with Gasteiger partial charge in [-0.3, -0.25) is 9.52 Å². The summed E-state index contributed by atoms with van der Waals surface area (Å²) in [5.41, 5.74) is 2.90. The highest BCUT2D eigenvalue weighted by Crippen LogP contribution is 2.49. The first kappa shape index (κ1) is 31.2. The second-order valence-electron chi connectivity index (χ2n) is 11.4. The molecule has 2 N–H and O–H groups in total. The molecule has 2 aromatic heterocycles. The number of hydrogen-bond donors (Lipinski definition) is 2. The Bertz CT molecular complexity index is 2020. The summed E-state index contributed by atoms with van der Waals surface area (Å²) in [4.78, 5) is 12.6. The van der Waals surface area contributed by atoms with E-state index in [0.29, 0.717) is 41.0 Å². The number of amides is 1. The van der Waals surface area contributed by atoms with E-state index < -0.39 is 39.2 Å². The molecule has 1 aliphatic carbocycles. The molecule has 10 nitrogen and oxygen atoms in total. The van der Waals surface area contributed by atoms with Gasteiger partial charge in [0.05, 0.1) is 41.2 Å². The lowest BCUT2D eigenvalue weighted by Gasteiger charge is -2.15. The number of halogens is 3. The molecule has 6 rings (SSSR count). The third-order valence-corrected chi connectivity index (χ3v) is 8.55. The molecule has 1 amide bonds. The van der Waals surface area contributed by atoms with E-state index in [1.165, 1.54) is 16.9 Å². The molecule has 2 heterocycles. The van der Waals surface area contributed by atoms with Gasteiger partial charge in [0.15, 0.2) is 5.76 Å². The highest BCUT2D eigenvalue weighted by Gasteiger charge is 2.52. The lowest BCUT2D eigenvalue weighted by atomic mass is 9.93. The maximum atomic E-state index is 13.1. The molecule has 14 heteroatoms. The second kappa shape index (κ2) is 11.5. The molecule has 0 radical (unpaired) electrons. The van der Waals surface area contributed by atoms with Crippen LogP contribution in [0.1, 0.15) is 52.6 Å². The van der Waals surface area contributed by atoms with Crippen molar-refractivity contribution in [3.63, 3.8) is 0 Å². The van der Waals surface area contributed by atoms with Crippen LogP contribution in [0.15, 0.2) is 83.5 Å². The molecule has 0 bridgehead atoms. The van der Waals surface area contributed by atoms with Gasteiger partial charge < -0.3 is 9.63 Å². The van der Waals surface area contributed by atoms with Crippen molar-refractivity contribution in [1.29, 1.82) is 0 Å². The number of aliphatic hydroxyl groups is 1. The summed E-state index contributed by atoms with van der Waals surface area (Å²) in [5, 5.41) is 23.3. The van der Waals surface area contributed by atoms with Crippen molar-refractivity contribution in [2.24, 2.45) is 0 Å². The number of rotatable bonds is 9. The fourth-order valence-corrected chi connectivity index (χ4v) is 5.97. The normalized spacial score (nSPS) is 15.0. The smallest absolute Gasteiger partial charge is 0.382 e. The van der Waals surface area contributed by atoms with E-state index in [1.807, 2.05) is 48.5 Å². The molecule has 46 heavy (non-hydrogen) atoms. The molecular weight excluding hydrogens is 623 g/mol. The number of benzene rings is 3. The summed E-state index contributed by atoms with van der Waals surface area (Å²) >= 11 is 0. The van der Waals surface area contributed by atoms with Gasteiger partial charge in [-0.25, -0.2) is 13.1 Å². The summed E-state index contributed by atoms with van der Waals surface area (Å²) in [5.74, 6) is -0.197. The Hall–Kier alpha value is -4.82. The third kappa shape index (κ3) is 6.30. The second-order valence-corrected chi connectivity index (χ2v) is 13.1. The van der Waals surface area contributed by atoms with Crippen molar-refractivity contribution >= 4 is 15.9 Å². The molecule has 0 spiro atoms. The van der Waals surface area contributed by atoms with Crippen LogP contribution in [0.2, 0.25) is 0 Å². The van der Waals surface area contributed by atoms with Crippen LogP contribution < -0.4 is 4.72 Å². The molecule has 1 unspecified atom stereocenters. The minimum absolute atomic E-state index is 0.0242. The standard InChI is InChI=1S/C32H28F3N5O5S/c1-19-27(28(41)26-18-40(39-36-26)17-20-4-3-5-25(16-20)32(33,34)35)29(45-37-19)23-8-6-21(7-9-23)22-10-12-24(13-11-22)31(14-15-31)30(42)38-46(2,43)44/h3-13,16,18,28,41H,14-15,17H2,1-2H3,(H,38,42). The zero-order chi connectivity index (χ0) is 32.9. The number of hydrogen-bond acceptors (Lipinski definition) is 8.